The van der Waals surface area contributed by atoms with Crippen LogP contribution < -0.4 is 0 Å². The van der Waals surface area contributed by atoms with Crippen molar-refractivity contribution in [2.24, 2.45) is 0 Å². The molecule has 0 fully saturated rings. The standard InChI is InChI=1S/C12H11Br/c1-2-3-4-5-6-11-7-9-12(13)10-8-11/h1,5-10H,3-4H2/b6-5+. The third kappa shape index (κ3) is 3.96. The fourth-order valence-corrected chi connectivity index (χ4v) is 1.22. The zero-order valence-electron chi connectivity index (χ0n) is 7.33. The summed E-state index contributed by atoms with van der Waals surface area (Å²) < 4.78 is 1.10. The van der Waals surface area contributed by atoms with Gasteiger partial charge in [0.15, 0.2) is 0 Å². The van der Waals surface area contributed by atoms with E-state index < -0.39 is 0 Å². The molecule has 13 heavy (non-hydrogen) atoms. The molecule has 0 bridgehead atoms. The van der Waals surface area contributed by atoms with E-state index >= 15 is 0 Å². The predicted octanol–water partition coefficient (Wildman–Crippen LogP) is 3.88. The first-order valence-corrected chi connectivity index (χ1v) is 4.98. The highest BCUT2D eigenvalue weighted by molar-refractivity contribution is 9.10. The molecule has 66 valence electrons. The molecule has 0 aliphatic heterocycles. The number of hydrogen-bond acceptors (Lipinski definition) is 0. The molecule has 0 saturated carbocycles. The maximum atomic E-state index is 5.14. The second kappa shape index (κ2) is 5.61. The fraction of sp³-hybridized carbons (Fsp3) is 0.167. The van der Waals surface area contributed by atoms with Crippen LogP contribution in [-0.2, 0) is 0 Å². The minimum Gasteiger partial charge on any atom is -0.120 e. The third-order valence-corrected chi connectivity index (χ3v) is 2.16. The summed E-state index contributed by atoms with van der Waals surface area (Å²) in [6.45, 7) is 0. The van der Waals surface area contributed by atoms with E-state index in [1.54, 1.807) is 0 Å². The highest BCUT2D eigenvalue weighted by atomic mass is 79.9. The van der Waals surface area contributed by atoms with Crippen LogP contribution in [0.2, 0.25) is 0 Å². The van der Waals surface area contributed by atoms with Crippen LogP contribution in [0.5, 0.6) is 0 Å². The molecule has 0 aliphatic rings. The zero-order chi connectivity index (χ0) is 9.52. The van der Waals surface area contributed by atoms with Crippen LogP contribution in [0.15, 0.2) is 34.8 Å². The van der Waals surface area contributed by atoms with Crippen molar-refractivity contribution in [3.05, 3.63) is 40.4 Å². The molecule has 1 aromatic rings. The van der Waals surface area contributed by atoms with Gasteiger partial charge in [0.2, 0.25) is 0 Å². The van der Waals surface area contributed by atoms with Gasteiger partial charge in [-0.3, -0.25) is 0 Å². The van der Waals surface area contributed by atoms with E-state index in [-0.39, 0.29) is 0 Å². The van der Waals surface area contributed by atoms with Gasteiger partial charge in [0.1, 0.15) is 0 Å². The molecular formula is C12H11Br. The molecule has 0 nitrogen and oxygen atoms in total. The van der Waals surface area contributed by atoms with Gasteiger partial charge in [-0.05, 0) is 24.1 Å². The van der Waals surface area contributed by atoms with Gasteiger partial charge >= 0.3 is 0 Å². The summed E-state index contributed by atoms with van der Waals surface area (Å²) >= 11 is 3.39. The number of hydrogen-bond donors (Lipinski definition) is 0. The number of rotatable bonds is 3. The number of unbranched alkanes of at least 4 members (excludes halogenated alkanes) is 1. The Morgan fingerprint density at radius 1 is 1.31 bits per heavy atom. The minimum absolute atomic E-state index is 0.813. The second-order valence-electron chi connectivity index (χ2n) is 2.70. The molecule has 1 aromatic carbocycles. The van der Waals surface area contributed by atoms with Gasteiger partial charge in [0, 0.05) is 10.9 Å². The second-order valence-corrected chi connectivity index (χ2v) is 3.61. The van der Waals surface area contributed by atoms with Gasteiger partial charge in [-0.1, -0.05) is 40.2 Å². The Morgan fingerprint density at radius 2 is 2.00 bits per heavy atom. The van der Waals surface area contributed by atoms with Crippen LogP contribution >= 0.6 is 15.9 Å². The Balaban J connectivity index is 2.50. The van der Waals surface area contributed by atoms with E-state index in [0.29, 0.717) is 0 Å². The van der Waals surface area contributed by atoms with Crippen molar-refractivity contribution in [2.75, 3.05) is 0 Å². The molecule has 0 atom stereocenters. The Hall–Kier alpha value is -1.00. The maximum absolute atomic E-state index is 5.14. The Morgan fingerprint density at radius 3 is 2.62 bits per heavy atom. The molecule has 0 aliphatic carbocycles. The van der Waals surface area contributed by atoms with Gasteiger partial charge in [0.05, 0.1) is 0 Å². The van der Waals surface area contributed by atoms with Crippen LogP contribution in [0.3, 0.4) is 0 Å². The highest BCUT2D eigenvalue weighted by Gasteiger charge is 1.86. The van der Waals surface area contributed by atoms with E-state index in [1.807, 2.05) is 12.1 Å². The van der Waals surface area contributed by atoms with Crippen LogP contribution in [0.25, 0.3) is 6.08 Å². The third-order valence-electron chi connectivity index (χ3n) is 1.64. The van der Waals surface area contributed by atoms with E-state index in [4.69, 9.17) is 6.42 Å². The first kappa shape index (κ1) is 10.1. The van der Waals surface area contributed by atoms with Gasteiger partial charge in [-0.15, -0.1) is 12.3 Å². The van der Waals surface area contributed by atoms with Gasteiger partial charge in [-0.25, -0.2) is 0 Å². The van der Waals surface area contributed by atoms with Crippen molar-refractivity contribution in [3.8, 4) is 12.3 Å². The van der Waals surface area contributed by atoms with E-state index in [2.05, 4.69) is 46.1 Å². The van der Waals surface area contributed by atoms with E-state index in [1.165, 1.54) is 5.56 Å². The van der Waals surface area contributed by atoms with Crippen LogP contribution in [0.4, 0.5) is 0 Å². The molecule has 1 heteroatoms. The van der Waals surface area contributed by atoms with Crippen LogP contribution in [0, 0.1) is 12.3 Å². The topological polar surface area (TPSA) is 0 Å². The maximum Gasteiger partial charge on any atom is 0.0175 e. The molecule has 0 heterocycles. The van der Waals surface area contributed by atoms with Crippen molar-refractivity contribution in [3.63, 3.8) is 0 Å². The van der Waals surface area contributed by atoms with Gasteiger partial charge in [0.25, 0.3) is 0 Å². The molecule has 0 unspecified atom stereocenters. The van der Waals surface area contributed by atoms with Crippen molar-refractivity contribution in [1.82, 2.24) is 0 Å². The Labute approximate surface area is 87.8 Å². The lowest BCUT2D eigenvalue weighted by Crippen LogP contribution is -1.70. The summed E-state index contributed by atoms with van der Waals surface area (Å²) in [5, 5.41) is 0. The Kier molecular flexibility index (Phi) is 4.35. The van der Waals surface area contributed by atoms with Crippen LogP contribution in [0.1, 0.15) is 18.4 Å². The summed E-state index contributed by atoms with van der Waals surface area (Å²) in [5.41, 5.74) is 1.21. The normalized spacial score (nSPS) is 10.2. The van der Waals surface area contributed by atoms with Gasteiger partial charge in [-0.2, -0.15) is 0 Å². The SMILES string of the molecule is C#CCC/C=C/c1ccc(Br)cc1. The number of terminal acetylenes is 1. The molecular weight excluding hydrogens is 224 g/mol. The molecule has 0 radical (unpaired) electrons. The Bertz CT molecular complexity index is 314. The first-order chi connectivity index (χ1) is 6.33. The van der Waals surface area contributed by atoms with Crippen LogP contribution in [-0.4, -0.2) is 0 Å². The largest absolute Gasteiger partial charge is 0.120 e. The smallest absolute Gasteiger partial charge is 0.0175 e. The lowest BCUT2D eigenvalue weighted by molar-refractivity contribution is 1.09. The predicted molar refractivity (Wildman–Crippen MR) is 61.2 cm³/mol. The summed E-state index contributed by atoms with van der Waals surface area (Å²) in [6, 6.07) is 8.19. The zero-order valence-corrected chi connectivity index (χ0v) is 8.92. The summed E-state index contributed by atoms with van der Waals surface area (Å²) in [4.78, 5) is 0. The quantitative estimate of drug-likeness (QED) is 0.551. The lowest BCUT2D eigenvalue weighted by atomic mass is 10.2. The van der Waals surface area contributed by atoms with Crippen molar-refractivity contribution < 1.29 is 0 Å². The molecule has 0 amide bonds. The molecule has 0 saturated heterocycles. The average molecular weight is 235 g/mol. The molecule has 0 spiro atoms. The lowest BCUT2D eigenvalue weighted by Gasteiger charge is -1.92. The molecule has 0 aromatic heterocycles. The number of benzene rings is 1. The molecule has 1 rings (SSSR count). The fourth-order valence-electron chi connectivity index (χ4n) is 0.960. The highest BCUT2D eigenvalue weighted by Crippen LogP contribution is 2.11. The van der Waals surface area contributed by atoms with Crippen molar-refractivity contribution in [1.29, 1.82) is 0 Å². The summed E-state index contributed by atoms with van der Waals surface area (Å²) in [6.07, 6.45) is 11.1. The van der Waals surface area contributed by atoms with E-state index in [0.717, 1.165) is 17.3 Å². The summed E-state index contributed by atoms with van der Waals surface area (Å²) in [7, 11) is 0. The summed E-state index contributed by atoms with van der Waals surface area (Å²) in [5.74, 6) is 2.60. The minimum atomic E-state index is 0.813. The van der Waals surface area contributed by atoms with E-state index in [9.17, 15) is 0 Å². The number of allylic oxidation sites excluding steroid dienone is 1. The molecule has 0 N–H and O–H groups in total. The van der Waals surface area contributed by atoms with Crippen molar-refractivity contribution in [2.45, 2.75) is 12.8 Å². The number of halogens is 1. The first-order valence-electron chi connectivity index (χ1n) is 4.18. The average Bonchev–Trinajstić information content (AvgIpc) is 2.15. The monoisotopic (exact) mass is 234 g/mol. The van der Waals surface area contributed by atoms with Crippen molar-refractivity contribution >= 4 is 22.0 Å². The van der Waals surface area contributed by atoms with Gasteiger partial charge < -0.3 is 0 Å².